The third-order valence-corrected chi connectivity index (χ3v) is 10.1. The monoisotopic (exact) mass is 622 g/mol. The van der Waals surface area contributed by atoms with E-state index in [1.54, 1.807) is 0 Å². The number of para-hydroxylation sites is 1. The van der Waals surface area contributed by atoms with Gasteiger partial charge >= 0.3 is 0 Å². The molecule has 49 heavy (non-hydrogen) atoms. The maximum atomic E-state index is 6.25. The average Bonchev–Trinajstić information content (AvgIpc) is 3.55. The van der Waals surface area contributed by atoms with Gasteiger partial charge in [0.1, 0.15) is 11.2 Å². The Balaban J connectivity index is 1.34. The van der Waals surface area contributed by atoms with Crippen LogP contribution in [-0.2, 0) is 0 Å². The molecule has 0 spiro atoms. The van der Waals surface area contributed by atoms with Crippen LogP contribution in [0.15, 0.2) is 186 Å². The summed E-state index contributed by atoms with van der Waals surface area (Å²) in [6, 6.07) is 65.9. The van der Waals surface area contributed by atoms with E-state index < -0.39 is 0 Å². The SMILES string of the molecule is c1ccc(-c2cccc(-c3ccc4oc5ccccc5c4c3)c2-c2c3ccccc3c(-c3ccc4ccccc4c3)c3ccccc23)cc1. The Hall–Kier alpha value is -6.44. The van der Waals surface area contributed by atoms with Crippen molar-refractivity contribution in [3.8, 4) is 44.5 Å². The van der Waals surface area contributed by atoms with Gasteiger partial charge in [0.2, 0.25) is 0 Å². The van der Waals surface area contributed by atoms with Gasteiger partial charge in [-0.15, -0.1) is 0 Å². The van der Waals surface area contributed by atoms with Crippen molar-refractivity contribution in [2.45, 2.75) is 0 Å². The molecule has 0 bridgehead atoms. The lowest BCUT2D eigenvalue weighted by molar-refractivity contribution is 0.669. The van der Waals surface area contributed by atoms with Crippen molar-refractivity contribution >= 4 is 54.3 Å². The third-order valence-electron chi connectivity index (χ3n) is 10.1. The molecule has 228 valence electrons. The quantitative estimate of drug-likeness (QED) is 0.178. The van der Waals surface area contributed by atoms with Gasteiger partial charge in [0.15, 0.2) is 0 Å². The van der Waals surface area contributed by atoms with Crippen molar-refractivity contribution < 1.29 is 4.42 Å². The van der Waals surface area contributed by atoms with E-state index in [1.807, 2.05) is 12.1 Å². The summed E-state index contributed by atoms with van der Waals surface area (Å²) in [4.78, 5) is 0. The van der Waals surface area contributed by atoms with Crippen LogP contribution in [-0.4, -0.2) is 0 Å². The maximum Gasteiger partial charge on any atom is 0.135 e. The fraction of sp³-hybridized carbons (Fsp3) is 0. The van der Waals surface area contributed by atoms with E-state index in [2.05, 4.69) is 170 Å². The summed E-state index contributed by atoms with van der Waals surface area (Å²) in [5.74, 6) is 0. The zero-order chi connectivity index (χ0) is 32.3. The highest BCUT2D eigenvalue weighted by molar-refractivity contribution is 6.24. The van der Waals surface area contributed by atoms with E-state index in [1.165, 1.54) is 76.8 Å². The molecule has 0 aliphatic carbocycles. The number of furan rings is 1. The fourth-order valence-corrected chi connectivity index (χ4v) is 7.87. The standard InChI is InChI=1S/C48H30O/c1-2-14-32(15-3-1)36-22-12-23-37(34-27-28-45-43(30-34)38-17-10-11-24-44(38)49-45)47(36)48-41-20-8-6-18-39(41)46(40-19-7-9-21-42(40)48)35-26-25-31-13-4-5-16-33(31)29-35/h1-30H. The zero-order valence-electron chi connectivity index (χ0n) is 26.7. The molecule has 0 atom stereocenters. The molecule has 0 aliphatic heterocycles. The second-order valence-corrected chi connectivity index (χ2v) is 12.8. The summed E-state index contributed by atoms with van der Waals surface area (Å²) < 4.78 is 6.25. The largest absolute Gasteiger partial charge is 0.456 e. The van der Waals surface area contributed by atoms with Gasteiger partial charge in [0.05, 0.1) is 0 Å². The highest BCUT2D eigenvalue weighted by Crippen LogP contribution is 2.49. The molecule has 9 aromatic carbocycles. The predicted octanol–water partition coefficient (Wildman–Crippen LogP) is 13.7. The Morgan fingerprint density at radius 1 is 0.265 bits per heavy atom. The Morgan fingerprint density at radius 2 is 0.816 bits per heavy atom. The summed E-state index contributed by atoms with van der Waals surface area (Å²) in [7, 11) is 0. The summed E-state index contributed by atoms with van der Waals surface area (Å²) in [6.07, 6.45) is 0. The molecule has 1 nitrogen and oxygen atoms in total. The van der Waals surface area contributed by atoms with Crippen molar-refractivity contribution in [3.63, 3.8) is 0 Å². The van der Waals surface area contributed by atoms with Gasteiger partial charge in [-0.3, -0.25) is 0 Å². The van der Waals surface area contributed by atoms with Crippen LogP contribution in [0.3, 0.4) is 0 Å². The predicted molar refractivity (Wildman–Crippen MR) is 208 cm³/mol. The molecule has 0 saturated carbocycles. The summed E-state index contributed by atoms with van der Waals surface area (Å²) in [6.45, 7) is 0. The maximum absolute atomic E-state index is 6.25. The molecule has 0 amide bonds. The number of benzene rings is 9. The molecule has 0 saturated heterocycles. The Bertz CT molecular complexity index is 2820. The molecule has 1 heteroatoms. The van der Waals surface area contributed by atoms with Crippen molar-refractivity contribution in [1.29, 1.82) is 0 Å². The van der Waals surface area contributed by atoms with Gasteiger partial charge in [-0.25, -0.2) is 0 Å². The smallest absolute Gasteiger partial charge is 0.135 e. The summed E-state index contributed by atoms with van der Waals surface area (Å²) in [5.41, 5.74) is 11.6. The van der Waals surface area contributed by atoms with Crippen LogP contribution < -0.4 is 0 Å². The van der Waals surface area contributed by atoms with Crippen LogP contribution in [0.5, 0.6) is 0 Å². The van der Waals surface area contributed by atoms with E-state index in [4.69, 9.17) is 4.42 Å². The van der Waals surface area contributed by atoms with E-state index in [0.717, 1.165) is 21.9 Å². The fourth-order valence-electron chi connectivity index (χ4n) is 7.87. The molecule has 0 unspecified atom stereocenters. The minimum Gasteiger partial charge on any atom is -0.456 e. The topological polar surface area (TPSA) is 13.1 Å². The van der Waals surface area contributed by atoms with Crippen LogP contribution in [0.1, 0.15) is 0 Å². The van der Waals surface area contributed by atoms with Crippen LogP contribution in [0.2, 0.25) is 0 Å². The van der Waals surface area contributed by atoms with Gasteiger partial charge in [-0.2, -0.15) is 0 Å². The van der Waals surface area contributed by atoms with Crippen LogP contribution in [0.25, 0.3) is 98.8 Å². The molecular weight excluding hydrogens is 593 g/mol. The first-order valence-electron chi connectivity index (χ1n) is 16.8. The van der Waals surface area contributed by atoms with Gasteiger partial charge in [0.25, 0.3) is 0 Å². The zero-order valence-corrected chi connectivity index (χ0v) is 26.7. The molecule has 1 aromatic heterocycles. The van der Waals surface area contributed by atoms with Crippen molar-refractivity contribution in [2.24, 2.45) is 0 Å². The second-order valence-electron chi connectivity index (χ2n) is 12.8. The van der Waals surface area contributed by atoms with Crippen LogP contribution >= 0.6 is 0 Å². The number of hydrogen-bond acceptors (Lipinski definition) is 1. The molecule has 10 aromatic rings. The average molecular weight is 623 g/mol. The Morgan fingerprint density at radius 3 is 1.55 bits per heavy atom. The first-order chi connectivity index (χ1) is 24.3. The first-order valence-corrected chi connectivity index (χ1v) is 16.8. The van der Waals surface area contributed by atoms with E-state index in [9.17, 15) is 0 Å². The highest BCUT2D eigenvalue weighted by Gasteiger charge is 2.22. The molecule has 1 heterocycles. The van der Waals surface area contributed by atoms with Crippen LogP contribution in [0.4, 0.5) is 0 Å². The molecular formula is C48H30O. The lowest BCUT2D eigenvalue weighted by Gasteiger charge is -2.22. The minimum atomic E-state index is 0.904. The second kappa shape index (κ2) is 11.1. The normalized spacial score (nSPS) is 11.7. The lowest BCUT2D eigenvalue weighted by atomic mass is 9.80. The van der Waals surface area contributed by atoms with Crippen molar-refractivity contribution in [3.05, 3.63) is 182 Å². The van der Waals surface area contributed by atoms with E-state index in [-0.39, 0.29) is 0 Å². The third kappa shape index (κ3) is 4.40. The Kier molecular flexibility index (Phi) is 6.25. The number of fused-ring (bicyclic) bond motifs is 6. The Labute approximate surface area is 284 Å². The molecule has 0 N–H and O–H groups in total. The highest BCUT2D eigenvalue weighted by atomic mass is 16.3. The van der Waals surface area contributed by atoms with E-state index in [0.29, 0.717) is 0 Å². The van der Waals surface area contributed by atoms with Gasteiger partial charge in [-0.05, 0) is 101 Å². The first kappa shape index (κ1) is 27.7. The lowest BCUT2D eigenvalue weighted by Crippen LogP contribution is -1.95. The molecule has 0 fully saturated rings. The van der Waals surface area contributed by atoms with E-state index >= 15 is 0 Å². The summed E-state index contributed by atoms with van der Waals surface area (Å²) >= 11 is 0. The number of hydrogen-bond donors (Lipinski definition) is 0. The molecule has 10 rings (SSSR count). The minimum absolute atomic E-state index is 0.904. The molecule has 0 radical (unpaired) electrons. The molecule has 0 aliphatic rings. The van der Waals surface area contributed by atoms with Crippen molar-refractivity contribution in [1.82, 2.24) is 0 Å². The van der Waals surface area contributed by atoms with Gasteiger partial charge < -0.3 is 4.42 Å². The number of rotatable bonds is 4. The van der Waals surface area contributed by atoms with Gasteiger partial charge in [-0.1, -0.05) is 158 Å². The van der Waals surface area contributed by atoms with Gasteiger partial charge in [0, 0.05) is 10.8 Å². The summed E-state index contributed by atoms with van der Waals surface area (Å²) in [5, 5.41) is 9.73. The van der Waals surface area contributed by atoms with Crippen LogP contribution in [0, 0.1) is 0 Å². The van der Waals surface area contributed by atoms with Crippen molar-refractivity contribution in [2.75, 3.05) is 0 Å².